The van der Waals surface area contributed by atoms with E-state index in [0.717, 1.165) is 25.7 Å². The number of carbonyl (C=O) groups is 2. The lowest BCUT2D eigenvalue weighted by molar-refractivity contribution is -0.142. The summed E-state index contributed by atoms with van der Waals surface area (Å²) in [4.78, 5) is 25.2. The topological polar surface area (TPSA) is 46.2 Å². The second kappa shape index (κ2) is 8.78. The molecule has 7 atom stereocenters. The minimum absolute atomic E-state index is 0.0511. The van der Waals surface area contributed by atoms with Gasteiger partial charge in [0, 0.05) is 16.6 Å². The normalized spacial score (nSPS) is 37.5. The molecule has 202 valence electrons. The number of amides is 1. The number of hydrogen-bond donors (Lipinski definition) is 1. The average molecular weight is 546 g/mol. The van der Waals surface area contributed by atoms with Gasteiger partial charge in [-0.1, -0.05) is 31.7 Å². The van der Waals surface area contributed by atoms with E-state index in [0.29, 0.717) is 36.8 Å². The summed E-state index contributed by atoms with van der Waals surface area (Å²) in [5, 5.41) is 2.63. The average Bonchev–Trinajstić information content (AvgIpc) is 3.16. The van der Waals surface area contributed by atoms with Crippen LogP contribution in [0.5, 0.6) is 0 Å². The molecule has 3 nitrogen and oxygen atoms in total. The Morgan fingerprint density at radius 3 is 2.43 bits per heavy atom. The fourth-order valence-electron chi connectivity index (χ4n) is 7.76. The molecule has 0 radical (unpaired) electrons. The predicted molar refractivity (Wildman–Crippen MR) is 128 cm³/mol. The molecule has 0 aromatic heterocycles. The van der Waals surface area contributed by atoms with Crippen molar-refractivity contribution in [3.63, 3.8) is 0 Å². The minimum atomic E-state index is -5.05. The first-order valence-corrected chi connectivity index (χ1v) is 13.5. The summed E-state index contributed by atoms with van der Waals surface area (Å²) < 4.78 is 79.8. The standard InChI is InChI=1S/C27H29F6NO2S/c1-24-9-7-17-16(4-6-21-25(17,2)10-8-22(35)37-21)18(24)11-14(13-24)23(36)34-20-5-3-15(26(28,29)30)12-19(20)27(31,32)33/h3,5,8,10,12,14,16-18,21H,4,6-7,9,11,13H2,1-2H3,(H,34,36)/t14?,16-,17-,18+,21?,24-,25-/m1/s1. The summed E-state index contributed by atoms with van der Waals surface area (Å²) in [6, 6.07) is 1.31. The molecule has 1 N–H and O–H groups in total. The molecule has 3 aliphatic carbocycles. The van der Waals surface area contributed by atoms with E-state index in [9.17, 15) is 35.9 Å². The number of rotatable bonds is 2. The summed E-state index contributed by atoms with van der Waals surface area (Å²) in [7, 11) is 0. The van der Waals surface area contributed by atoms with Crippen molar-refractivity contribution in [1.29, 1.82) is 0 Å². The third-order valence-electron chi connectivity index (χ3n) is 9.58. The molecule has 1 amide bonds. The number of hydrogen-bond acceptors (Lipinski definition) is 3. The van der Waals surface area contributed by atoms with Gasteiger partial charge in [-0.05, 0) is 86.0 Å². The third kappa shape index (κ3) is 4.61. The number of benzene rings is 1. The third-order valence-corrected chi connectivity index (χ3v) is 11.0. The number of alkyl halides is 6. The van der Waals surface area contributed by atoms with E-state index in [1.54, 1.807) is 6.08 Å². The van der Waals surface area contributed by atoms with Gasteiger partial charge in [-0.15, -0.1) is 0 Å². The van der Waals surface area contributed by atoms with E-state index >= 15 is 0 Å². The Hall–Kier alpha value is -1.97. The fourth-order valence-corrected chi connectivity index (χ4v) is 8.95. The first-order valence-electron chi connectivity index (χ1n) is 12.6. The van der Waals surface area contributed by atoms with E-state index in [1.165, 1.54) is 11.8 Å². The Kier molecular flexibility index (Phi) is 6.32. The highest BCUT2D eigenvalue weighted by atomic mass is 32.2. The lowest BCUT2D eigenvalue weighted by Crippen LogP contribution is -2.52. The summed E-state index contributed by atoms with van der Waals surface area (Å²) in [5.41, 5.74) is -3.79. The molecule has 0 spiro atoms. The molecule has 3 fully saturated rings. The van der Waals surface area contributed by atoms with Gasteiger partial charge in [-0.2, -0.15) is 26.3 Å². The second-order valence-electron chi connectivity index (χ2n) is 11.7. The molecule has 4 aliphatic rings. The zero-order chi connectivity index (χ0) is 27.0. The molecule has 1 heterocycles. The Balaban J connectivity index is 1.36. The molecule has 5 rings (SSSR count). The zero-order valence-corrected chi connectivity index (χ0v) is 21.3. The Labute approximate surface area is 215 Å². The van der Waals surface area contributed by atoms with E-state index in [2.05, 4.69) is 25.2 Å². The Morgan fingerprint density at radius 1 is 1.03 bits per heavy atom. The fraction of sp³-hybridized carbons (Fsp3) is 0.630. The number of halogens is 6. The lowest BCUT2D eigenvalue weighted by Gasteiger charge is -2.57. The van der Waals surface area contributed by atoms with Gasteiger partial charge < -0.3 is 5.32 Å². The van der Waals surface area contributed by atoms with Gasteiger partial charge in [0.05, 0.1) is 16.8 Å². The SMILES string of the molecule is C[C@]12CC[C@@H]3[C@@H](CCC4SC(=O)C=C[C@@]43C)[C@@H]1CC(C(=O)Nc1ccc(C(F)(F)F)cc1C(F)(F)F)C2. The van der Waals surface area contributed by atoms with Gasteiger partial charge in [0.1, 0.15) is 0 Å². The molecule has 10 heteroatoms. The number of nitrogens with one attached hydrogen (secondary N) is 1. The molecular formula is C27H29F6NO2S. The van der Waals surface area contributed by atoms with E-state index in [1.807, 2.05) is 0 Å². The van der Waals surface area contributed by atoms with Crippen molar-refractivity contribution < 1.29 is 35.9 Å². The van der Waals surface area contributed by atoms with Crippen LogP contribution < -0.4 is 5.32 Å². The van der Waals surface area contributed by atoms with Crippen LogP contribution in [0.15, 0.2) is 30.4 Å². The van der Waals surface area contributed by atoms with Crippen LogP contribution >= 0.6 is 11.8 Å². The first-order chi connectivity index (χ1) is 17.1. The van der Waals surface area contributed by atoms with E-state index in [-0.39, 0.29) is 33.2 Å². The highest BCUT2D eigenvalue weighted by Gasteiger charge is 2.59. The quantitative estimate of drug-likeness (QED) is 0.387. The molecule has 3 saturated carbocycles. The van der Waals surface area contributed by atoms with Crippen molar-refractivity contribution in [2.45, 2.75) is 70.0 Å². The highest BCUT2D eigenvalue weighted by Crippen LogP contribution is 2.66. The largest absolute Gasteiger partial charge is 0.418 e. The summed E-state index contributed by atoms with van der Waals surface area (Å²) in [5.74, 6) is -0.134. The maximum atomic E-state index is 13.6. The molecule has 2 unspecified atom stereocenters. The maximum Gasteiger partial charge on any atom is 0.418 e. The molecular weight excluding hydrogens is 516 g/mol. The van der Waals surface area contributed by atoms with Crippen molar-refractivity contribution in [2.24, 2.45) is 34.5 Å². The van der Waals surface area contributed by atoms with Crippen molar-refractivity contribution >= 4 is 28.5 Å². The first kappa shape index (κ1) is 26.6. The number of anilines is 1. The molecule has 0 saturated heterocycles. The van der Waals surface area contributed by atoms with Gasteiger partial charge in [0.25, 0.3) is 0 Å². The zero-order valence-electron chi connectivity index (χ0n) is 20.5. The molecule has 37 heavy (non-hydrogen) atoms. The second-order valence-corrected chi connectivity index (χ2v) is 12.9. The van der Waals surface area contributed by atoms with Crippen molar-refractivity contribution in [3.8, 4) is 0 Å². The van der Waals surface area contributed by atoms with Crippen LogP contribution in [0.4, 0.5) is 32.0 Å². The predicted octanol–water partition coefficient (Wildman–Crippen LogP) is 7.72. The minimum Gasteiger partial charge on any atom is -0.325 e. The molecule has 1 aromatic carbocycles. The van der Waals surface area contributed by atoms with Gasteiger partial charge >= 0.3 is 12.4 Å². The Morgan fingerprint density at radius 2 is 1.76 bits per heavy atom. The van der Waals surface area contributed by atoms with Crippen molar-refractivity contribution in [2.75, 3.05) is 5.32 Å². The van der Waals surface area contributed by atoms with Gasteiger partial charge in [0.15, 0.2) is 0 Å². The van der Waals surface area contributed by atoms with Crippen LogP contribution in [0, 0.1) is 34.5 Å². The molecule has 1 aliphatic heterocycles. The van der Waals surface area contributed by atoms with E-state index < -0.39 is 41.0 Å². The van der Waals surface area contributed by atoms with Crippen LogP contribution in [0.25, 0.3) is 0 Å². The monoisotopic (exact) mass is 545 g/mol. The molecule has 0 bridgehead atoms. The molecule has 1 aromatic rings. The number of allylic oxidation sites excluding steroid dienone is 1. The number of fused-ring (bicyclic) bond motifs is 5. The smallest absolute Gasteiger partial charge is 0.325 e. The van der Waals surface area contributed by atoms with Crippen LogP contribution in [-0.4, -0.2) is 16.3 Å². The van der Waals surface area contributed by atoms with Gasteiger partial charge in [0.2, 0.25) is 11.0 Å². The number of thioether (sulfide) groups is 1. The van der Waals surface area contributed by atoms with E-state index in [4.69, 9.17) is 0 Å². The van der Waals surface area contributed by atoms with Crippen LogP contribution in [0.2, 0.25) is 0 Å². The Bertz CT molecular complexity index is 1150. The maximum absolute atomic E-state index is 13.6. The summed E-state index contributed by atoms with van der Waals surface area (Å²) in [6.07, 6.45) is -1.44. The number of carbonyl (C=O) groups excluding carboxylic acids is 2. The van der Waals surface area contributed by atoms with Crippen molar-refractivity contribution in [1.82, 2.24) is 0 Å². The van der Waals surface area contributed by atoms with Gasteiger partial charge in [-0.3, -0.25) is 9.59 Å². The summed E-state index contributed by atoms with van der Waals surface area (Å²) in [6.45, 7) is 4.37. The van der Waals surface area contributed by atoms with Crippen molar-refractivity contribution in [3.05, 3.63) is 41.5 Å². The van der Waals surface area contributed by atoms with Gasteiger partial charge in [-0.25, -0.2) is 0 Å². The lowest BCUT2D eigenvalue weighted by atomic mass is 9.50. The highest BCUT2D eigenvalue weighted by molar-refractivity contribution is 8.14. The van der Waals surface area contributed by atoms with Crippen LogP contribution in [0.1, 0.15) is 63.5 Å². The summed E-state index contributed by atoms with van der Waals surface area (Å²) >= 11 is 1.41. The van der Waals surface area contributed by atoms with Crippen LogP contribution in [-0.2, 0) is 21.9 Å². The van der Waals surface area contributed by atoms with Crippen LogP contribution in [0.3, 0.4) is 0 Å².